The van der Waals surface area contributed by atoms with Crippen LogP contribution in [-0.2, 0) is 6.54 Å². The predicted molar refractivity (Wildman–Crippen MR) is 67.5 cm³/mol. The molecular weight excluding hydrogens is 196 g/mol. The highest BCUT2D eigenvalue weighted by Gasteiger charge is 1.96. The summed E-state index contributed by atoms with van der Waals surface area (Å²) >= 11 is 0. The van der Waals surface area contributed by atoms with Gasteiger partial charge in [0.1, 0.15) is 0 Å². The standard InChI is InChI=1S/C14H16N2/c1-11-5-6-14(8-12(11)2)16-10-13-4-3-7-15-9-13/h3-9,16H,10H2,1-2H3. The van der Waals surface area contributed by atoms with Crippen LogP contribution in [0.3, 0.4) is 0 Å². The number of nitrogens with one attached hydrogen (secondary N) is 1. The summed E-state index contributed by atoms with van der Waals surface area (Å²) in [7, 11) is 0. The first-order valence-electron chi connectivity index (χ1n) is 5.46. The first-order valence-corrected chi connectivity index (χ1v) is 5.46. The van der Waals surface area contributed by atoms with E-state index in [1.807, 2.05) is 12.3 Å². The third-order valence-corrected chi connectivity index (χ3v) is 2.73. The SMILES string of the molecule is Cc1ccc(NCc2cccnc2)cc1C. The number of hydrogen-bond acceptors (Lipinski definition) is 2. The second-order valence-corrected chi connectivity index (χ2v) is 4.01. The van der Waals surface area contributed by atoms with E-state index >= 15 is 0 Å². The molecule has 0 atom stereocenters. The van der Waals surface area contributed by atoms with Crippen LogP contribution in [0.4, 0.5) is 5.69 Å². The number of aryl methyl sites for hydroxylation is 2. The van der Waals surface area contributed by atoms with Gasteiger partial charge in [0.15, 0.2) is 0 Å². The van der Waals surface area contributed by atoms with E-state index in [9.17, 15) is 0 Å². The predicted octanol–water partition coefficient (Wildman–Crippen LogP) is 3.31. The summed E-state index contributed by atoms with van der Waals surface area (Å²) < 4.78 is 0. The maximum absolute atomic E-state index is 4.09. The minimum Gasteiger partial charge on any atom is -0.381 e. The van der Waals surface area contributed by atoms with Crippen LogP contribution in [0.15, 0.2) is 42.7 Å². The zero-order valence-corrected chi connectivity index (χ0v) is 9.70. The Morgan fingerprint density at radius 3 is 2.69 bits per heavy atom. The average molecular weight is 212 g/mol. The Labute approximate surface area is 96.4 Å². The van der Waals surface area contributed by atoms with Crippen LogP contribution in [-0.4, -0.2) is 4.98 Å². The van der Waals surface area contributed by atoms with E-state index in [-0.39, 0.29) is 0 Å². The van der Waals surface area contributed by atoms with Crippen LogP contribution in [0.2, 0.25) is 0 Å². The van der Waals surface area contributed by atoms with Gasteiger partial charge in [-0.05, 0) is 48.7 Å². The quantitative estimate of drug-likeness (QED) is 0.844. The molecule has 0 fully saturated rings. The van der Waals surface area contributed by atoms with Crippen molar-refractivity contribution in [1.82, 2.24) is 4.98 Å². The molecule has 0 bridgehead atoms. The summed E-state index contributed by atoms with van der Waals surface area (Å²) in [5.41, 5.74) is 5.00. The Hall–Kier alpha value is -1.83. The van der Waals surface area contributed by atoms with Gasteiger partial charge in [0.05, 0.1) is 0 Å². The molecule has 1 N–H and O–H groups in total. The normalized spacial score (nSPS) is 10.1. The van der Waals surface area contributed by atoms with Crippen molar-refractivity contribution in [1.29, 1.82) is 0 Å². The topological polar surface area (TPSA) is 24.9 Å². The summed E-state index contributed by atoms with van der Waals surface area (Å²) in [5.74, 6) is 0. The molecule has 1 aromatic carbocycles. The van der Waals surface area contributed by atoms with E-state index in [0.29, 0.717) is 0 Å². The Morgan fingerprint density at radius 2 is 2.00 bits per heavy atom. The molecule has 2 aromatic rings. The monoisotopic (exact) mass is 212 g/mol. The van der Waals surface area contributed by atoms with E-state index in [4.69, 9.17) is 0 Å². The maximum atomic E-state index is 4.09. The van der Waals surface area contributed by atoms with Crippen LogP contribution in [0.1, 0.15) is 16.7 Å². The van der Waals surface area contributed by atoms with Gasteiger partial charge in [-0.15, -0.1) is 0 Å². The molecule has 16 heavy (non-hydrogen) atoms. The van der Waals surface area contributed by atoms with Gasteiger partial charge < -0.3 is 5.32 Å². The van der Waals surface area contributed by atoms with Gasteiger partial charge in [0.25, 0.3) is 0 Å². The highest BCUT2D eigenvalue weighted by atomic mass is 14.9. The molecule has 0 aliphatic rings. The fourth-order valence-electron chi connectivity index (χ4n) is 1.56. The number of benzene rings is 1. The van der Waals surface area contributed by atoms with E-state index in [0.717, 1.165) is 12.2 Å². The van der Waals surface area contributed by atoms with Gasteiger partial charge >= 0.3 is 0 Å². The lowest BCUT2D eigenvalue weighted by molar-refractivity contribution is 1.11. The highest BCUT2D eigenvalue weighted by molar-refractivity contribution is 5.48. The second-order valence-electron chi connectivity index (χ2n) is 4.01. The van der Waals surface area contributed by atoms with Gasteiger partial charge in [0.2, 0.25) is 0 Å². The molecule has 0 spiro atoms. The number of pyridine rings is 1. The first kappa shape index (κ1) is 10.7. The van der Waals surface area contributed by atoms with Crippen molar-refractivity contribution in [2.45, 2.75) is 20.4 Å². The zero-order valence-electron chi connectivity index (χ0n) is 9.70. The summed E-state index contributed by atoms with van der Waals surface area (Å²) in [4.78, 5) is 4.09. The van der Waals surface area contributed by atoms with Crippen LogP contribution in [0, 0.1) is 13.8 Å². The molecule has 2 heteroatoms. The minimum atomic E-state index is 0.816. The van der Waals surface area contributed by atoms with Crippen LogP contribution < -0.4 is 5.32 Å². The molecule has 0 radical (unpaired) electrons. The lowest BCUT2D eigenvalue weighted by atomic mass is 10.1. The lowest BCUT2D eigenvalue weighted by Crippen LogP contribution is -2.00. The van der Waals surface area contributed by atoms with Gasteiger partial charge in [-0.25, -0.2) is 0 Å². The number of rotatable bonds is 3. The van der Waals surface area contributed by atoms with Crippen molar-refractivity contribution in [3.05, 3.63) is 59.4 Å². The minimum absolute atomic E-state index is 0.816. The van der Waals surface area contributed by atoms with Gasteiger partial charge in [0, 0.05) is 24.6 Å². The Bertz CT molecular complexity index is 463. The van der Waals surface area contributed by atoms with Gasteiger partial charge in [-0.3, -0.25) is 4.98 Å². The first-order chi connectivity index (χ1) is 7.75. The molecule has 1 aromatic heterocycles. The van der Waals surface area contributed by atoms with Crippen molar-refractivity contribution in [2.75, 3.05) is 5.32 Å². The van der Waals surface area contributed by atoms with Gasteiger partial charge in [-0.2, -0.15) is 0 Å². The van der Waals surface area contributed by atoms with E-state index < -0.39 is 0 Å². The Balaban J connectivity index is 2.03. The molecule has 0 aliphatic heterocycles. The molecule has 2 rings (SSSR count). The molecule has 0 amide bonds. The summed E-state index contributed by atoms with van der Waals surface area (Å²) in [6.07, 6.45) is 3.67. The molecule has 1 heterocycles. The second kappa shape index (κ2) is 4.79. The molecule has 82 valence electrons. The summed E-state index contributed by atoms with van der Waals surface area (Å²) in [5, 5.41) is 3.39. The van der Waals surface area contributed by atoms with Gasteiger partial charge in [-0.1, -0.05) is 12.1 Å². The largest absolute Gasteiger partial charge is 0.381 e. The third-order valence-electron chi connectivity index (χ3n) is 2.73. The number of anilines is 1. The number of aromatic nitrogens is 1. The third kappa shape index (κ3) is 2.60. The van der Waals surface area contributed by atoms with Crippen molar-refractivity contribution in [3.8, 4) is 0 Å². The Morgan fingerprint density at radius 1 is 1.12 bits per heavy atom. The summed E-state index contributed by atoms with van der Waals surface area (Å²) in [6, 6.07) is 10.4. The highest BCUT2D eigenvalue weighted by Crippen LogP contribution is 2.14. The van der Waals surface area contributed by atoms with E-state index in [1.54, 1.807) is 6.20 Å². The zero-order chi connectivity index (χ0) is 11.4. The fourth-order valence-corrected chi connectivity index (χ4v) is 1.56. The maximum Gasteiger partial charge on any atom is 0.0416 e. The average Bonchev–Trinajstić information content (AvgIpc) is 2.32. The Kier molecular flexibility index (Phi) is 3.20. The molecular formula is C14H16N2. The fraction of sp³-hybridized carbons (Fsp3) is 0.214. The van der Waals surface area contributed by atoms with Crippen LogP contribution >= 0.6 is 0 Å². The number of nitrogens with zero attached hydrogens (tertiary/aromatic N) is 1. The van der Waals surface area contributed by atoms with Crippen molar-refractivity contribution < 1.29 is 0 Å². The lowest BCUT2D eigenvalue weighted by Gasteiger charge is -2.08. The molecule has 0 unspecified atom stereocenters. The number of hydrogen-bond donors (Lipinski definition) is 1. The van der Waals surface area contributed by atoms with E-state index in [2.05, 4.69) is 48.4 Å². The van der Waals surface area contributed by atoms with E-state index in [1.165, 1.54) is 16.7 Å². The smallest absolute Gasteiger partial charge is 0.0416 e. The summed E-state index contributed by atoms with van der Waals surface area (Å²) in [6.45, 7) is 5.07. The molecule has 0 aliphatic carbocycles. The van der Waals surface area contributed by atoms with Crippen molar-refractivity contribution >= 4 is 5.69 Å². The van der Waals surface area contributed by atoms with Crippen molar-refractivity contribution in [2.24, 2.45) is 0 Å². The molecule has 2 nitrogen and oxygen atoms in total. The molecule has 0 saturated heterocycles. The van der Waals surface area contributed by atoms with Crippen LogP contribution in [0.5, 0.6) is 0 Å². The van der Waals surface area contributed by atoms with Crippen molar-refractivity contribution in [3.63, 3.8) is 0 Å². The molecule has 0 saturated carbocycles. The van der Waals surface area contributed by atoms with Crippen LogP contribution in [0.25, 0.3) is 0 Å².